The zero-order valence-electron chi connectivity index (χ0n) is 18.4. The fourth-order valence-corrected chi connectivity index (χ4v) is 5.72. The molecule has 1 amide bonds. The van der Waals surface area contributed by atoms with Crippen LogP contribution in [-0.4, -0.2) is 62.8 Å². The van der Waals surface area contributed by atoms with Crippen LogP contribution in [0, 0.1) is 19.8 Å². The summed E-state index contributed by atoms with van der Waals surface area (Å²) in [5.41, 5.74) is 2.73. The second-order valence-electron chi connectivity index (χ2n) is 9.62. The first-order valence-corrected chi connectivity index (χ1v) is 12.0. The maximum Gasteiger partial charge on any atom is 0.243 e. The summed E-state index contributed by atoms with van der Waals surface area (Å²) in [6.07, 6.45) is 2.43. The maximum atomic E-state index is 13.3. The number of rotatable bonds is 6. The van der Waals surface area contributed by atoms with Gasteiger partial charge in [0.15, 0.2) is 0 Å². The number of carbonyl (C=O) groups excluding carboxylic acids is 1. The summed E-state index contributed by atoms with van der Waals surface area (Å²) in [5, 5.41) is 2.98. The van der Waals surface area contributed by atoms with Gasteiger partial charge in [-0.25, -0.2) is 8.42 Å². The minimum atomic E-state index is -3.54. The van der Waals surface area contributed by atoms with Crippen LogP contribution in [0.4, 0.5) is 0 Å². The Kier molecular flexibility index (Phi) is 6.41. The Hall–Kier alpha value is -1.44. The highest BCUT2D eigenvalue weighted by atomic mass is 32.2. The SMILES string of the molecule is Cc1cc(C(C)(C)C)cc(C)c1S(=O)(=O)N1CCN(CC(=O)NCC2CC2)CC1. The van der Waals surface area contributed by atoms with Crippen LogP contribution in [0.1, 0.15) is 50.3 Å². The van der Waals surface area contributed by atoms with Crippen LogP contribution in [0.3, 0.4) is 0 Å². The number of benzene rings is 1. The van der Waals surface area contributed by atoms with E-state index in [-0.39, 0.29) is 11.3 Å². The number of nitrogens with one attached hydrogen (secondary N) is 1. The molecule has 3 rings (SSSR count). The van der Waals surface area contributed by atoms with E-state index >= 15 is 0 Å². The largest absolute Gasteiger partial charge is 0.355 e. The summed E-state index contributed by atoms with van der Waals surface area (Å²) < 4.78 is 28.2. The van der Waals surface area contributed by atoms with Crippen molar-refractivity contribution in [2.45, 2.75) is 57.8 Å². The lowest BCUT2D eigenvalue weighted by molar-refractivity contribution is -0.122. The van der Waals surface area contributed by atoms with Gasteiger partial charge in [0.2, 0.25) is 15.9 Å². The molecule has 1 saturated carbocycles. The minimum absolute atomic E-state index is 0.0243. The number of nitrogens with zero attached hydrogens (tertiary/aromatic N) is 2. The van der Waals surface area contributed by atoms with Crippen molar-refractivity contribution in [2.24, 2.45) is 5.92 Å². The molecule has 0 bridgehead atoms. The Morgan fingerprint density at radius 1 is 1.07 bits per heavy atom. The van der Waals surface area contributed by atoms with E-state index in [1.807, 2.05) is 30.9 Å². The van der Waals surface area contributed by atoms with Crippen molar-refractivity contribution in [3.63, 3.8) is 0 Å². The van der Waals surface area contributed by atoms with Crippen molar-refractivity contribution in [1.29, 1.82) is 0 Å². The fraction of sp³-hybridized carbons (Fsp3) is 0.682. The molecule has 1 aromatic rings. The Balaban J connectivity index is 1.64. The lowest BCUT2D eigenvalue weighted by Crippen LogP contribution is -2.51. The maximum absolute atomic E-state index is 13.3. The molecule has 0 spiro atoms. The molecule has 1 N–H and O–H groups in total. The van der Waals surface area contributed by atoms with Gasteiger partial charge in [-0.2, -0.15) is 4.31 Å². The number of carbonyl (C=O) groups is 1. The minimum Gasteiger partial charge on any atom is -0.355 e. The average molecular weight is 422 g/mol. The number of hydrogen-bond acceptors (Lipinski definition) is 4. The standard InChI is InChI=1S/C22H35N3O3S/c1-16-12-19(22(3,4)5)13-17(2)21(16)29(27,28)25-10-8-24(9-11-25)15-20(26)23-14-18-6-7-18/h12-13,18H,6-11,14-15H2,1-5H3,(H,23,26). The van der Waals surface area contributed by atoms with Crippen molar-refractivity contribution in [2.75, 3.05) is 39.3 Å². The van der Waals surface area contributed by atoms with Gasteiger partial charge in [-0.15, -0.1) is 0 Å². The Morgan fingerprint density at radius 2 is 1.62 bits per heavy atom. The first kappa shape index (κ1) is 22.2. The van der Waals surface area contributed by atoms with Crippen LogP contribution < -0.4 is 5.32 Å². The molecule has 1 aliphatic carbocycles. The van der Waals surface area contributed by atoms with Crippen LogP contribution in [0.25, 0.3) is 0 Å². The van der Waals surface area contributed by atoms with Gasteiger partial charge >= 0.3 is 0 Å². The molecule has 0 radical (unpaired) electrons. The van der Waals surface area contributed by atoms with E-state index in [9.17, 15) is 13.2 Å². The number of piperazine rings is 1. The summed E-state index contributed by atoms with van der Waals surface area (Å²) in [4.78, 5) is 14.5. The van der Waals surface area contributed by atoms with E-state index in [4.69, 9.17) is 0 Å². The van der Waals surface area contributed by atoms with Gasteiger partial charge in [0.1, 0.15) is 0 Å². The van der Waals surface area contributed by atoms with Crippen molar-refractivity contribution in [1.82, 2.24) is 14.5 Å². The molecule has 1 aliphatic heterocycles. The molecular weight excluding hydrogens is 386 g/mol. The molecule has 1 saturated heterocycles. The molecular formula is C22H35N3O3S. The highest BCUT2D eigenvalue weighted by Crippen LogP contribution is 2.31. The van der Waals surface area contributed by atoms with Gasteiger partial charge < -0.3 is 5.32 Å². The zero-order valence-corrected chi connectivity index (χ0v) is 19.2. The first-order valence-electron chi connectivity index (χ1n) is 10.6. The van der Waals surface area contributed by atoms with Gasteiger partial charge in [0.05, 0.1) is 11.4 Å². The second-order valence-corrected chi connectivity index (χ2v) is 11.5. The van der Waals surface area contributed by atoms with Crippen molar-refractivity contribution >= 4 is 15.9 Å². The molecule has 7 heteroatoms. The van der Waals surface area contributed by atoms with E-state index in [0.29, 0.717) is 43.5 Å². The van der Waals surface area contributed by atoms with Crippen LogP contribution in [0.5, 0.6) is 0 Å². The molecule has 29 heavy (non-hydrogen) atoms. The topological polar surface area (TPSA) is 69.7 Å². The molecule has 1 heterocycles. The first-order chi connectivity index (χ1) is 13.5. The third kappa shape index (κ3) is 5.38. The molecule has 2 aliphatic rings. The highest BCUT2D eigenvalue weighted by molar-refractivity contribution is 7.89. The number of aryl methyl sites for hydroxylation is 2. The number of amides is 1. The third-order valence-corrected chi connectivity index (χ3v) is 8.11. The van der Waals surface area contributed by atoms with Crippen molar-refractivity contribution in [3.05, 3.63) is 28.8 Å². The molecule has 0 atom stereocenters. The normalized spacial score (nSPS) is 19.3. The van der Waals surface area contributed by atoms with E-state index in [1.54, 1.807) is 4.31 Å². The summed E-state index contributed by atoms with van der Waals surface area (Å²) in [5.74, 6) is 0.703. The average Bonchev–Trinajstić information content (AvgIpc) is 3.43. The Bertz CT molecular complexity index is 839. The van der Waals surface area contributed by atoms with Crippen LogP contribution in [0.15, 0.2) is 17.0 Å². The van der Waals surface area contributed by atoms with E-state index < -0.39 is 10.0 Å². The summed E-state index contributed by atoms with van der Waals surface area (Å²) in [6.45, 7) is 13.3. The quantitative estimate of drug-likeness (QED) is 0.766. The van der Waals surface area contributed by atoms with Gasteiger partial charge in [-0.05, 0) is 54.7 Å². The molecule has 0 aromatic heterocycles. The van der Waals surface area contributed by atoms with E-state index in [2.05, 4.69) is 26.1 Å². The van der Waals surface area contributed by atoms with E-state index in [0.717, 1.165) is 23.2 Å². The van der Waals surface area contributed by atoms with Crippen LogP contribution >= 0.6 is 0 Å². The zero-order chi connectivity index (χ0) is 21.4. The third-order valence-electron chi connectivity index (χ3n) is 5.91. The van der Waals surface area contributed by atoms with Gasteiger partial charge in [-0.1, -0.05) is 32.9 Å². The second kappa shape index (κ2) is 8.36. The lowest BCUT2D eigenvalue weighted by atomic mass is 9.85. The summed E-state index contributed by atoms with van der Waals surface area (Å²) >= 11 is 0. The van der Waals surface area contributed by atoms with Crippen molar-refractivity contribution < 1.29 is 13.2 Å². The molecule has 0 unspecified atom stereocenters. The fourth-order valence-electron chi connectivity index (χ4n) is 3.89. The van der Waals surface area contributed by atoms with Crippen molar-refractivity contribution in [3.8, 4) is 0 Å². The Labute approximate surface area is 175 Å². The lowest BCUT2D eigenvalue weighted by Gasteiger charge is -2.34. The van der Waals surface area contributed by atoms with Crippen LogP contribution in [0.2, 0.25) is 0 Å². The number of hydrogen-bond donors (Lipinski definition) is 1. The molecule has 2 fully saturated rings. The van der Waals surface area contributed by atoms with Gasteiger partial charge in [0.25, 0.3) is 0 Å². The number of sulfonamides is 1. The molecule has 162 valence electrons. The van der Waals surface area contributed by atoms with Gasteiger partial charge in [0, 0.05) is 32.7 Å². The predicted molar refractivity (Wildman–Crippen MR) is 116 cm³/mol. The summed E-state index contributed by atoms with van der Waals surface area (Å²) in [7, 11) is -3.54. The van der Waals surface area contributed by atoms with Gasteiger partial charge in [-0.3, -0.25) is 9.69 Å². The predicted octanol–water partition coefficient (Wildman–Crippen LogP) is 2.43. The van der Waals surface area contributed by atoms with E-state index in [1.165, 1.54) is 12.8 Å². The monoisotopic (exact) mass is 421 g/mol. The van der Waals surface area contributed by atoms with Crippen LogP contribution in [-0.2, 0) is 20.2 Å². The molecule has 6 nitrogen and oxygen atoms in total. The highest BCUT2D eigenvalue weighted by Gasteiger charge is 2.32. The Morgan fingerprint density at radius 3 is 2.10 bits per heavy atom. The smallest absolute Gasteiger partial charge is 0.243 e. The summed E-state index contributed by atoms with van der Waals surface area (Å²) in [6, 6.07) is 4.00. The molecule has 1 aromatic carbocycles.